The van der Waals surface area contributed by atoms with Crippen molar-refractivity contribution in [3.05, 3.63) is 82.2 Å². The van der Waals surface area contributed by atoms with Gasteiger partial charge in [0, 0.05) is 29.9 Å². The Bertz CT molecular complexity index is 1370. The summed E-state index contributed by atoms with van der Waals surface area (Å²) in [5.41, 5.74) is 1.12. The number of benzene rings is 2. The van der Waals surface area contributed by atoms with E-state index in [-0.39, 0.29) is 32.7 Å². The first-order valence-electron chi connectivity index (χ1n) is 10.4. The molecule has 0 atom stereocenters. The summed E-state index contributed by atoms with van der Waals surface area (Å²) < 4.78 is 28.9. The third-order valence-electron chi connectivity index (χ3n) is 4.95. The molecular weight excluding hydrogens is 499 g/mol. The summed E-state index contributed by atoms with van der Waals surface area (Å²) in [7, 11) is 1.78. The number of nitrogens with one attached hydrogen (secondary N) is 3. The SMILES string of the molecule is CNCCNc1cc(F)ccc1-c1cc(Cl)c(C(=O)Nc2cnc(-n3nccn3)c(Cl)c2)cc1F. The van der Waals surface area contributed by atoms with Gasteiger partial charge in [-0.05, 0) is 43.4 Å². The molecular formula is C23H19Cl2F2N7O. The average molecular weight is 518 g/mol. The first kappa shape index (κ1) is 24.5. The van der Waals surface area contributed by atoms with Crippen LogP contribution in [0.1, 0.15) is 10.4 Å². The van der Waals surface area contributed by atoms with Crippen molar-refractivity contribution < 1.29 is 13.6 Å². The van der Waals surface area contributed by atoms with E-state index in [2.05, 4.69) is 31.1 Å². The van der Waals surface area contributed by atoms with E-state index in [4.69, 9.17) is 23.2 Å². The largest absolute Gasteiger partial charge is 0.383 e. The van der Waals surface area contributed by atoms with E-state index in [1.54, 1.807) is 7.05 Å². The predicted octanol–water partition coefficient (Wildman–Crippen LogP) is 4.80. The van der Waals surface area contributed by atoms with Crippen LogP contribution in [-0.4, -0.2) is 46.0 Å². The molecule has 8 nitrogen and oxygen atoms in total. The third-order valence-corrected chi connectivity index (χ3v) is 5.54. The number of likely N-dealkylation sites (N-methyl/N-ethyl adjacent to an activating group) is 1. The quantitative estimate of drug-likeness (QED) is 0.290. The van der Waals surface area contributed by atoms with Crippen molar-refractivity contribution in [2.45, 2.75) is 0 Å². The normalized spacial score (nSPS) is 10.9. The lowest BCUT2D eigenvalue weighted by Gasteiger charge is -2.15. The number of pyridine rings is 1. The number of halogens is 4. The van der Waals surface area contributed by atoms with Gasteiger partial charge in [-0.2, -0.15) is 10.2 Å². The lowest BCUT2D eigenvalue weighted by molar-refractivity contribution is 0.102. The van der Waals surface area contributed by atoms with Gasteiger partial charge in [0.1, 0.15) is 11.6 Å². The number of amides is 1. The topological polar surface area (TPSA) is 96.8 Å². The summed E-state index contributed by atoms with van der Waals surface area (Å²) in [4.78, 5) is 18.2. The van der Waals surface area contributed by atoms with Crippen LogP contribution < -0.4 is 16.0 Å². The van der Waals surface area contributed by atoms with Gasteiger partial charge in [0.05, 0.1) is 39.9 Å². The number of carbonyl (C=O) groups is 1. The minimum absolute atomic E-state index is 0.0146. The van der Waals surface area contributed by atoms with Gasteiger partial charge in [-0.15, -0.1) is 4.80 Å². The number of anilines is 2. The fourth-order valence-electron chi connectivity index (χ4n) is 3.32. The summed E-state index contributed by atoms with van der Waals surface area (Å²) in [6.07, 6.45) is 4.31. The zero-order chi connectivity index (χ0) is 24.9. The van der Waals surface area contributed by atoms with Crippen LogP contribution >= 0.6 is 23.2 Å². The minimum atomic E-state index is -0.695. The van der Waals surface area contributed by atoms with Gasteiger partial charge < -0.3 is 16.0 Å². The third kappa shape index (κ3) is 5.56. The number of rotatable bonds is 8. The monoisotopic (exact) mass is 517 g/mol. The number of nitrogens with zero attached hydrogens (tertiary/aromatic N) is 4. The molecule has 4 rings (SSSR count). The molecule has 2 aromatic carbocycles. The van der Waals surface area contributed by atoms with E-state index < -0.39 is 17.5 Å². The Kier molecular flexibility index (Phi) is 7.54. The molecule has 35 heavy (non-hydrogen) atoms. The maximum Gasteiger partial charge on any atom is 0.257 e. The van der Waals surface area contributed by atoms with Gasteiger partial charge in [0.15, 0.2) is 5.82 Å². The van der Waals surface area contributed by atoms with Crippen LogP contribution in [0.15, 0.2) is 55.0 Å². The zero-order valence-electron chi connectivity index (χ0n) is 18.3. The van der Waals surface area contributed by atoms with Crippen LogP contribution in [0.5, 0.6) is 0 Å². The highest BCUT2D eigenvalue weighted by molar-refractivity contribution is 6.35. The molecule has 0 aliphatic rings. The van der Waals surface area contributed by atoms with E-state index in [1.165, 1.54) is 53.7 Å². The molecule has 1 amide bonds. The first-order chi connectivity index (χ1) is 16.9. The number of carbonyl (C=O) groups excluding carboxylic acids is 1. The minimum Gasteiger partial charge on any atom is -0.383 e. The summed E-state index contributed by atoms with van der Waals surface area (Å²) in [5.74, 6) is -1.54. The van der Waals surface area contributed by atoms with E-state index in [9.17, 15) is 9.18 Å². The van der Waals surface area contributed by atoms with Crippen molar-refractivity contribution in [3.63, 3.8) is 0 Å². The average Bonchev–Trinajstić information content (AvgIpc) is 3.35. The molecule has 0 unspecified atom stereocenters. The molecule has 0 saturated heterocycles. The van der Waals surface area contributed by atoms with Gasteiger partial charge in [0.2, 0.25) is 0 Å². The highest BCUT2D eigenvalue weighted by Crippen LogP contribution is 2.34. The molecule has 4 aromatic rings. The summed E-state index contributed by atoms with van der Waals surface area (Å²) in [5, 5.41) is 16.8. The van der Waals surface area contributed by atoms with Gasteiger partial charge in [0.25, 0.3) is 5.91 Å². The Morgan fingerprint density at radius 1 is 1.00 bits per heavy atom. The fourth-order valence-corrected chi connectivity index (χ4v) is 3.81. The van der Waals surface area contributed by atoms with Crippen molar-refractivity contribution in [2.75, 3.05) is 30.8 Å². The lowest BCUT2D eigenvalue weighted by atomic mass is 10.0. The maximum atomic E-state index is 15.1. The van der Waals surface area contributed by atoms with Gasteiger partial charge in [-0.25, -0.2) is 13.8 Å². The highest BCUT2D eigenvalue weighted by atomic mass is 35.5. The van der Waals surface area contributed by atoms with E-state index in [0.29, 0.717) is 24.3 Å². The molecule has 0 saturated carbocycles. The molecule has 0 aliphatic heterocycles. The van der Waals surface area contributed by atoms with Crippen molar-refractivity contribution >= 4 is 40.5 Å². The van der Waals surface area contributed by atoms with Crippen molar-refractivity contribution in [3.8, 4) is 16.9 Å². The Morgan fingerprint density at radius 3 is 2.49 bits per heavy atom. The second-order valence-corrected chi connectivity index (χ2v) is 8.15. The van der Waals surface area contributed by atoms with Crippen LogP contribution in [-0.2, 0) is 0 Å². The second kappa shape index (κ2) is 10.8. The smallest absolute Gasteiger partial charge is 0.257 e. The molecule has 0 bridgehead atoms. The number of hydrogen-bond acceptors (Lipinski definition) is 6. The van der Waals surface area contributed by atoms with Crippen molar-refractivity contribution in [1.29, 1.82) is 0 Å². The van der Waals surface area contributed by atoms with Crippen molar-refractivity contribution in [2.24, 2.45) is 0 Å². The molecule has 180 valence electrons. The molecule has 2 aromatic heterocycles. The van der Waals surface area contributed by atoms with E-state index in [1.807, 2.05) is 0 Å². The number of hydrogen-bond donors (Lipinski definition) is 3. The molecule has 2 heterocycles. The highest BCUT2D eigenvalue weighted by Gasteiger charge is 2.19. The van der Waals surface area contributed by atoms with Crippen molar-refractivity contribution in [1.82, 2.24) is 25.3 Å². The standard InChI is InChI=1S/C23H19Cl2F2N7O/c1-28-4-5-29-21-8-13(26)2-3-15(21)16-10-18(24)17(11-20(16)27)23(35)33-14-9-19(25)22(30-12-14)34-31-6-7-32-34/h2-3,6-12,28-29H,4-5H2,1H3,(H,33,35). The van der Waals surface area contributed by atoms with Gasteiger partial charge in [-0.1, -0.05) is 23.2 Å². The Labute approximate surface area is 209 Å². The van der Waals surface area contributed by atoms with Gasteiger partial charge in [-0.3, -0.25) is 4.79 Å². The Morgan fingerprint density at radius 2 is 1.77 bits per heavy atom. The molecule has 12 heteroatoms. The fraction of sp³-hybridized carbons (Fsp3) is 0.130. The van der Waals surface area contributed by atoms with Gasteiger partial charge >= 0.3 is 0 Å². The lowest BCUT2D eigenvalue weighted by Crippen LogP contribution is -2.18. The Hall–Kier alpha value is -3.60. The first-order valence-corrected chi connectivity index (χ1v) is 11.1. The molecule has 0 fully saturated rings. The Balaban J connectivity index is 1.59. The number of aromatic nitrogens is 4. The molecule has 0 aliphatic carbocycles. The maximum absolute atomic E-state index is 15.1. The summed E-state index contributed by atoms with van der Waals surface area (Å²) >= 11 is 12.6. The van der Waals surface area contributed by atoms with Crippen LogP contribution in [0.2, 0.25) is 10.0 Å². The van der Waals surface area contributed by atoms with E-state index in [0.717, 1.165) is 6.07 Å². The van der Waals surface area contributed by atoms with E-state index >= 15 is 4.39 Å². The van der Waals surface area contributed by atoms with Crippen LogP contribution in [0.4, 0.5) is 20.2 Å². The zero-order valence-corrected chi connectivity index (χ0v) is 19.8. The summed E-state index contributed by atoms with van der Waals surface area (Å²) in [6, 6.07) is 7.79. The summed E-state index contributed by atoms with van der Waals surface area (Å²) in [6.45, 7) is 1.12. The molecule has 3 N–H and O–H groups in total. The van der Waals surface area contributed by atoms with Crippen LogP contribution in [0.25, 0.3) is 16.9 Å². The molecule has 0 spiro atoms. The van der Waals surface area contributed by atoms with Crippen LogP contribution in [0, 0.1) is 11.6 Å². The molecule has 0 radical (unpaired) electrons. The predicted molar refractivity (Wildman–Crippen MR) is 131 cm³/mol. The van der Waals surface area contributed by atoms with Crippen LogP contribution in [0.3, 0.4) is 0 Å². The second-order valence-electron chi connectivity index (χ2n) is 7.33.